The molecule has 0 aliphatic carbocycles. The van der Waals surface area contributed by atoms with E-state index >= 15 is 0 Å². The maximum atomic E-state index is 13.1. The average Bonchev–Trinajstić information content (AvgIpc) is 2.65. The molecule has 0 saturated carbocycles. The maximum absolute atomic E-state index is 13.1. The number of aryl methyl sites for hydroxylation is 1. The van der Waals surface area contributed by atoms with Crippen LogP contribution in [-0.2, 0) is 0 Å². The number of anilines is 2. The van der Waals surface area contributed by atoms with Gasteiger partial charge in [0, 0.05) is 29.0 Å². The second-order valence-electron chi connectivity index (χ2n) is 5.86. The van der Waals surface area contributed by atoms with E-state index in [9.17, 15) is 4.39 Å². The molecule has 0 radical (unpaired) electrons. The van der Waals surface area contributed by atoms with Crippen LogP contribution < -0.4 is 5.32 Å². The van der Waals surface area contributed by atoms with Gasteiger partial charge in [0.25, 0.3) is 0 Å². The van der Waals surface area contributed by atoms with E-state index in [1.807, 2.05) is 36.5 Å². The Morgan fingerprint density at radius 1 is 0.880 bits per heavy atom. The minimum atomic E-state index is -0.260. The molecular formula is C21H16FN3. The van der Waals surface area contributed by atoms with Crippen LogP contribution in [0.5, 0.6) is 0 Å². The van der Waals surface area contributed by atoms with E-state index in [1.54, 1.807) is 18.3 Å². The first-order valence-corrected chi connectivity index (χ1v) is 8.05. The molecule has 25 heavy (non-hydrogen) atoms. The predicted molar refractivity (Wildman–Crippen MR) is 99.4 cm³/mol. The van der Waals surface area contributed by atoms with Crippen LogP contribution in [0, 0.1) is 12.7 Å². The van der Waals surface area contributed by atoms with Gasteiger partial charge in [-0.25, -0.2) is 9.37 Å². The SMILES string of the molecule is Cc1cccc2c(Nc3ccc(F)cc3)ncc(-c3ccccn3)c12. The van der Waals surface area contributed by atoms with Gasteiger partial charge < -0.3 is 5.32 Å². The zero-order valence-electron chi connectivity index (χ0n) is 13.7. The molecule has 0 unspecified atom stereocenters. The van der Waals surface area contributed by atoms with Crippen molar-refractivity contribution >= 4 is 22.3 Å². The van der Waals surface area contributed by atoms with Crippen LogP contribution >= 0.6 is 0 Å². The maximum Gasteiger partial charge on any atom is 0.138 e. The lowest BCUT2D eigenvalue weighted by atomic mass is 9.99. The molecule has 0 aliphatic heterocycles. The molecule has 0 saturated heterocycles. The van der Waals surface area contributed by atoms with Crippen LogP contribution in [0.3, 0.4) is 0 Å². The number of benzene rings is 2. The van der Waals surface area contributed by atoms with E-state index in [4.69, 9.17) is 0 Å². The van der Waals surface area contributed by atoms with Crippen LogP contribution in [0.2, 0.25) is 0 Å². The van der Waals surface area contributed by atoms with Crippen LogP contribution in [0.4, 0.5) is 15.9 Å². The van der Waals surface area contributed by atoms with Gasteiger partial charge in [-0.3, -0.25) is 4.98 Å². The number of fused-ring (bicyclic) bond motifs is 1. The fourth-order valence-corrected chi connectivity index (χ4v) is 2.97. The lowest BCUT2D eigenvalue weighted by molar-refractivity contribution is 0.628. The largest absolute Gasteiger partial charge is 0.340 e. The summed E-state index contributed by atoms with van der Waals surface area (Å²) in [6.45, 7) is 2.08. The number of nitrogens with zero attached hydrogens (tertiary/aromatic N) is 2. The second kappa shape index (κ2) is 6.32. The second-order valence-corrected chi connectivity index (χ2v) is 5.86. The summed E-state index contributed by atoms with van der Waals surface area (Å²) in [5.74, 6) is 0.481. The van der Waals surface area contributed by atoms with Crippen molar-refractivity contribution < 1.29 is 4.39 Å². The molecule has 2 aromatic heterocycles. The molecule has 0 amide bonds. The van der Waals surface area contributed by atoms with Crippen molar-refractivity contribution in [2.24, 2.45) is 0 Å². The van der Waals surface area contributed by atoms with Crippen LogP contribution in [0.25, 0.3) is 22.0 Å². The summed E-state index contributed by atoms with van der Waals surface area (Å²) in [5, 5.41) is 5.40. The van der Waals surface area contributed by atoms with Gasteiger partial charge >= 0.3 is 0 Å². The highest BCUT2D eigenvalue weighted by molar-refractivity contribution is 6.03. The van der Waals surface area contributed by atoms with E-state index in [1.165, 1.54) is 12.1 Å². The Kier molecular flexibility index (Phi) is 3.86. The fourth-order valence-electron chi connectivity index (χ4n) is 2.97. The normalized spacial score (nSPS) is 10.8. The standard InChI is InChI=1S/C21H16FN3/c1-14-5-4-6-17-20(14)18(19-7-2-3-12-23-19)13-24-21(17)25-16-10-8-15(22)9-11-16/h2-13H,1H3,(H,24,25). The third-order valence-corrected chi connectivity index (χ3v) is 4.17. The monoisotopic (exact) mass is 329 g/mol. The summed E-state index contributed by atoms with van der Waals surface area (Å²) in [5.41, 5.74) is 3.84. The topological polar surface area (TPSA) is 37.8 Å². The highest BCUT2D eigenvalue weighted by atomic mass is 19.1. The molecule has 4 rings (SSSR count). The van der Waals surface area contributed by atoms with Crippen molar-refractivity contribution in [2.75, 3.05) is 5.32 Å². The molecule has 1 N–H and O–H groups in total. The highest BCUT2D eigenvalue weighted by Gasteiger charge is 2.12. The van der Waals surface area contributed by atoms with E-state index < -0.39 is 0 Å². The number of halogens is 1. The molecule has 0 bridgehead atoms. The Bertz CT molecular complexity index is 1030. The highest BCUT2D eigenvalue weighted by Crippen LogP contribution is 2.34. The van der Waals surface area contributed by atoms with Crippen molar-refractivity contribution in [3.8, 4) is 11.3 Å². The van der Waals surface area contributed by atoms with Gasteiger partial charge in [0.15, 0.2) is 0 Å². The molecule has 122 valence electrons. The summed E-state index contributed by atoms with van der Waals surface area (Å²) in [6.07, 6.45) is 3.62. The summed E-state index contributed by atoms with van der Waals surface area (Å²) >= 11 is 0. The average molecular weight is 329 g/mol. The van der Waals surface area contributed by atoms with Gasteiger partial charge in [-0.2, -0.15) is 0 Å². The Morgan fingerprint density at radius 2 is 1.72 bits per heavy atom. The van der Waals surface area contributed by atoms with Crippen molar-refractivity contribution in [1.82, 2.24) is 9.97 Å². The smallest absolute Gasteiger partial charge is 0.138 e. The summed E-state index contributed by atoms with van der Waals surface area (Å²) < 4.78 is 13.1. The molecule has 2 heterocycles. The van der Waals surface area contributed by atoms with E-state index in [0.29, 0.717) is 0 Å². The molecule has 2 aromatic carbocycles. The number of hydrogen-bond acceptors (Lipinski definition) is 3. The van der Waals surface area contributed by atoms with Crippen molar-refractivity contribution in [3.05, 3.63) is 84.4 Å². The number of hydrogen-bond donors (Lipinski definition) is 1. The lowest BCUT2D eigenvalue weighted by Crippen LogP contribution is -1.97. The van der Waals surface area contributed by atoms with Crippen LogP contribution in [-0.4, -0.2) is 9.97 Å². The molecule has 0 aliphatic rings. The van der Waals surface area contributed by atoms with Gasteiger partial charge in [0.1, 0.15) is 11.6 Å². The summed E-state index contributed by atoms with van der Waals surface area (Å²) in [6, 6.07) is 18.2. The number of nitrogens with one attached hydrogen (secondary N) is 1. The van der Waals surface area contributed by atoms with Gasteiger partial charge in [-0.1, -0.05) is 24.3 Å². The van der Waals surface area contributed by atoms with Gasteiger partial charge in [0.05, 0.1) is 5.69 Å². The molecule has 4 aromatic rings. The Morgan fingerprint density at radius 3 is 2.48 bits per heavy atom. The minimum absolute atomic E-state index is 0.260. The Labute approximate surface area is 145 Å². The molecular weight excluding hydrogens is 313 g/mol. The van der Waals surface area contributed by atoms with Crippen LogP contribution in [0.15, 0.2) is 73.1 Å². The fraction of sp³-hybridized carbons (Fsp3) is 0.0476. The van der Waals surface area contributed by atoms with Gasteiger partial charge in [-0.15, -0.1) is 0 Å². The first kappa shape index (κ1) is 15.3. The third-order valence-electron chi connectivity index (χ3n) is 4.17. The van der Waals surface area contributed by atoms with Crippen molar-refractivity contribution in [3.63, 3.8) is 0 Å². The number of pyridine rings is 2. The van der Waals surface area contributed by atoms with Gasteiger partial charge in [-0.05, 0) is 54.3 Å². The molecule has 0 spiro atoms. The van der Waals surface area contributed by atoms with Gasteiger partial charge in [0.2, 0.25) is 0 Å². The Balaban J connectivity index is 1.88. The lowest BCUT2D eigenvalue weighted by Gasteiger charge is -2.14. The quantitative estimate of drug-likeness (QED) is 0.540. The molecule has 4 heteroatoms. The first-order valence-electron chi connectivity index (χ1n) is 8.05. The number of rotatable bonds is 3. The summed E-state index contributed by atoms with van der Waals surface area (Å²) in [4.78, 5) is 9.06. The first-order chi connectivity index (χ1) is 12.2. The third kappa shape index (κ3) is 2.94. The number of aromatic nitrogens is 2. The minimum Gasteiger partial charge on any atom is -0.340 e. The molecule has 3 nitrogen and oxygen atoms in total. The zero-order valence-corrected chi connectivity index (χ0v) is 13.7. The summed E-state index contributed by atoms with van der Waals surface area (Å²) in [7, 11) is 0. The van der Waals surface area contributed by atoms with E-state index in [0.717, 1.165) is 39.1 Å². The van der Waals surface area contributed by atoms with Crippen molar-refractivity contribution in [1.29, 1.82) is 0 Å². The zero-order chi connectivity index (χ0) is 17.2. The van der Waals surface area contributed by atoms with Crippen LogP contribution in [0.1, 0.15) is 5.56 Å². The molecule has 0 atom stereocenters. The van der Waals surface area contributed by atoms with E-state index in [2.05, 4.69) is 28.3 Å². The predicted octanol–water partition coefficient (Wildman–Crippen LogP) is 5.49. The Hall–Kier alpha value is -3.27. The van der Waals surface area contributed by atoms with E-state index in [-0.39, 0.29) is 5.82 Å². The van der Waals surface area contributed by atoms with Crippen molar-refractivity contribution in [2.45, 2.75) is 6.92 Å². The molecule has 0 fully saturated rings.